The molecule has 0 aliphatic carbocycles. The van der Waals surface area contributed by atoms with Crippen molar-refractivity contribution in [2.45, 2.75) is 27.0 Å². The van der Waals surface area contributed by atoms with Crippen molar-refractivity contribution in [2.75, 3.05) is 6.79 Å². The van der Waals surface area contributed by atoms with Gasteiger partial charge in [0.2, 0.25) is 6.79 Å². The van der Waals surface area contributed by atoms with Crippen LogP contribution < -0.4 is 14.2 Å². The van der Waals surface area contributed by atoms with E-state index in [4.69, 9.17) is 14.2 Å². The highest BCUT2D eigenvalue weighted by Crippen LogP contribution is 2.35. The Bertz CT molecular complexity index is 595. The Hall–Kier alpha value is -2.24. The highest BCUT2D eigenvalue weighted by molar-refractivity contribution is 5.46. The molecule has 0 bridgehead atoms. The molecule has 2 heterocycles. The number of nitrogens with zero attached hydrogens (tertiary/aromatic N) is 3. The lowest BCUT2D eigenvalue weighted by Crippen LogP contribution is -2.07. The first kappa shape index (κ1) is 11.8. The van der Waals surface area contributed by atoms with E-state index in [0.29, 0.717) is 12.4 Å². The van der Waals surface area contributed by atoms with Crippen LogP contribution >= 0.6 is 0 Å². The normalized spacial score (nSPS) is 12.7. The quantitative estimate of drug-likeness (QED) is 0.841. The average molecular weight is 261 g/mol. The van der Waals surface area contributed by atoms with Crippen molar-refractivity contribution in [3.8, 4) is 17.2 Å². The SMILES string of the molecule is CCn1c(C)nnc1COc1ccc2c(c1)OCO2. The van der Waals surface area contributed by atoms with E-state index in [1.807, 2.05) is 29.7 Å². The van der Waals surface area contributed by atoms with Crippen LogP contribution in [0.5, 0.6) is 17.2 Å². The van der Waals surface area contributed by atoms with Gasteiger partial charge in [0.1, 0.15) is 18.2 Å². The molecule has 19 heavy (non-hydrogen) atoms. The van der Waals surface area contributed by atoms with Crippen LogP contribution in [0.3, 0.4) is 0 Å². The summed E-state index contributed by atoms with van der Waals surface area (Å²) in [6.45, 7) is 5.47. The molecule has 100 valence electrons. The van der Waals surface area contributed by atoms with Gasteiger partial charge in [0, 0.05) is 12.6 Å². The number of hydrogen-bond donors (Lipinski definition) is 0. The summed E-state index contributed by atoms with van der Waals surface area (Å²) in [4.78, 5) is 0. The van der Waals surface area contributed by atoms with Crippen LogP contribution in [0.25, 0.3) is 0 Å². The predicted molar refractivity (Wildman–Crippen MR) is 67.3 cm³/mol. The van der Waals surface area contributed by atoms with Crippen LogP contribution in [0, 0.1) is 6.92 Å². The van der Waals surface area contributed by atoms with Crippen LogP contribution in [0.15, 0.2) is 18.2 Å². The minimum Gasteiger partial charge on any atom is -0.485 e. The number of benzene rings is 1. The van der Waals surface area contributed by atoms with E-state index in [9.17, 15) is 0 Å². The minimum atomic E-state index is 0.266. The fourth-order valence-corrected chi connectivity index (χ4v) is 2.06. The lowest BCUT2D eigenvalue weighted by Gasteiger charge is -2.08. The summed E-state index contributed by atoms with van der Waals surface area (Å²) in [5.74, 6) is 3.91. The van der Waals surface area contributed by atoms with E-state index in [-0.39, 0.29) is 6.79 Å². The molecule has 0 atom stereocenters. The standard InChI is InChI=1S/C13H15N3O3/c1-3-16-9(2)14-15-13(16)7-17-10-4-5-11-12(6-10)19-8-18-11/h4-6H,3,7-8H2,1-2H3. The summed E-state index contributed by atoms with van der Waals surface area (Å²) in [5, 5.41) is 8.15. The number of aryl methyl sites for hydroxylation is 1. The smallest absolute Gasteiger partial charge is 0.231 e. The van der Waals surface area contributed by atoms with Gasteiger partial charge >= 0.3 is 0 Å². The molecule has 1 aromatic carbocycles. The van der Waals surface area contributed by atoms with Gasteiger partial charge in [-0.3, -0.25) is 0 Å². The third-order valence-electron chi connectivity index (χ3n) is 3.04. The van der Waals surface area contributed by atoms with Crippen molar-refractivity contribution in [3.63, 3.8) is 0 Å². The Morgan fingerprint density at radius 3 is 2.95 bits per heavy atom. The van der Waals surface area contributed by atoms with Crippen LogP contribution in [0.1, 0.15) is 18.6 Å². The predicted octanol–water partition coefficient (Wildman–Crippen LogP) is 1.91. The third-order valence-corrected chi connectivity index (χ3v) is 3.04. The van der Waals surface area contributed by atoms with Crippen molar-refractivity contribution in [2.24, 2.45) is 0 Å². The van der Waals surface area contributed by atoms with Crippen LogP contribution in [-0.2, 0) is 13.2 Å². The van der Waals surface area contributed by atoms with Gasteiger partial charge in [-0.25, -0.2) is 0 Å². The zero-order chi connectivity index (χ0) is 13.2. The second-order valence-electron chi connectivity index (χ2n) is 4.21. The van der Waals surface area contributed by atoms with Crippen LogP contribution in [-0.4, -0.2) is 21.6 Å². The maximum Gasteiger partial charge on any atom is 0.231 e. The summed E-state index contributed by atoms with van der Waals surface area (Å²) in [5.41, 5.74) is 0. The number of rotatable bonds is 4. The fraction of sp³-hybridized carbons (Fsp3) is 0.385. The van der Waals surface area contributed by atoms with Gasteiger partial charge in [-0.1, -0.05) is 0 Å². The molecule has 3 rings (SSSR count). The molecule has 1 aliphatic rings. The van der Waals surface area contributed by atoms with E-state index in [2.05, 4.69) is 17.1 Å². The van der Waals surface area contributed by atoms with E-state index in [0.717, 1.165) is 29.7 Å². The van der Waals surface area contributed by atoms with Gasteiger partial charge in [0.25, 0.3) is 0 Å². The van der Waals surface area contributed by atoms with Crippen molar-refractivity contribution < 1.29 is 14.2 Å². The second-order valence-corrected chi connectivity index (χ2v) is 4.21. The molecule has 0 fully saturated rings. The molecule has 2 aromatic rings. The van der Waals surface area contributed by atoms with Gasteiger partial charge in [-0.2, -0.15) is 0 Å². The molecule has 0 saturated heterocycles. The van der Waals surface area contributed by atoms with E-state index in [1.165, 1.54) is 0 Å². The molecular formula is C13H15N3O3. The number of hydrogen-bond acceptors (Lipinski definition) is 5. The van der Waals surface area contributed by atoms with Crippen molar-refractivity contribution in [3.05, 3.63) is 29.8 Å². The molecule has 0 spiro atoms. The highest BCUT2D eigenvalue weighted by atomic mass is 16.7. The Morgan fingerprint density at radius 1 is 1.26 bits per heavy atom. The van der Waals surface area contributed by atoms with E-state index < -0.39 is 0 Å². The number of aromatic nitrogens is 3. The van der Waals surface area contributed by atoms with Gasteiger partial charge in [-0.05, 0) is 26.0 Å². The fourth-order valence-electron chi connectivity index (χ4n) is 2.06. The number of ether oxygens (including phenoxy) is 3. The van der Waals surface area contributed by atoms with Gasteiger partial charge < -0.3 is 18.8 Å². The Kier molecular flexibility index (Phi) is 2.98. The van der Waals surface area contributed by atoms with Gasteiger partial charge in [0.15, 0.2) is 17.3 Å². The molecule has 0 saturated carbocycles. The van der Waals surface area contributed by atoms with Crippen molar-refractivity contribution >= 4 is 0 Å². The van der Waals surface area contributed by atoms with Gasteiger partial charge in [0.05, 0.1) is 0 Å². The summed E-state index contributed by atoms with van der Waals surface area (Å²) in [7, 11) is 0. The molecule has 1 aromatic heterocycles. The maximum atomic E-state index is 5.71. The highest BCUT2D eigenvalue weighted by Gasteiger charge is 2.14. The summed E-state index contributed by atoms with van der Waals surface area (Å²) >= 11 is 0. The number of fused-ring (bicyclic) bond motifs is 1. The lowest BCUT2D eigenvalue weighted by atomic mass is 10.3. The van der Waals surface area contributed by atoms with Gasteiger partial charge in [-0.15, -0.1) is 10.2 Å². The van der Waals surface area contributed by atoms with E-state index >= 15 is 0 Å². The summed E-state index contributed by atoms with van der Waals surface area (Å²) < 4.78 is 18.3. The molecule has 0 unspecified atom stereocenters. The molecule has 0 amide bonds. The lowest BCUT2D eigenvalue weighted by molar-refractivity contribution is 0.173. The summed E-state index contributed by atoms with van der Waals surface area (Å²) in [6, 6.07) is 5.52. The van der Waals surface area contributed by atoms with Crippen LogP contribution in [0.2, 0.25) is 0 Å². The minimum absolute atomic E-state index is 0.266. The zero-order valence-electron chi connectivity index (χ0n) is 10.9. The molecule has 1 aliphatic heterocycles. The maximum absolute atomic E-state index is 5.71. The monoisotopic (exact) mass is 261 g/mol. The van der Waals surface area contributed by atoms with Crippen LogP contribution in [0.4, 0.5) is 0 Å². The Balaban J connectivity index is 1.72. The first-order valence-corrected chi connectivity index (χ1v) is 6.19. The average Bonchev–Trinajstić information content (AvgIpc) is 3.01. The topological polar surface area (TPSA) is 58.4 Å². The Labute approximate surface area is 110 Å². The van der Waals surface area contributed by atoms with E-state index in [1.54, 1.807) is 0 Å². The van der Waals surface area contributed by atoms with Crippen molar-refractivity contribution in [1.29, 1.82) is 0 Å². The molecule has 0 radical (unpaired) electrons. The second kappa shape index (κ2) is 4.79. The molecule has 6 heteroatoms. The third kappa shape index (κ3) is 2.21. The zero-order valence-corrected chi connectivity index (χ0v) is 10.9. The largest absolute Gasteiger partial charge is 0.485 e. The Morgan fingerprint density at radius 2 is 2.11 bits per heavy atom. The molecular weight excluding hydrogens is 246 g/mol. The van der Waals surface area contributed by atoms with Crippen molar-refractivity contribution in [1.82, 2.24) is 14.8 Å². The molecule has 0 N–H and O–H groups in total. The first-order valence-electron chi connectivity index (χ1n) is 6.19. The molecule has 6 nitrogen and oxygen atoms in total. The summed E-state index contributed by atoms with van der Waals surface area (Å²) in [6.07, 6.45) is 0. The first-order chi connectivity index (χ1) is 9.28.